The highest BCUT2D eigenvalue weighted by Crippen LogP contribution is 2.29. The molecule has 0 aliphatic heterocycles. The average Bonchev–Trinajstić information content (AvgIpc) is 2.32. The monoisotopic (exact) mass is 346 g/mol. The highest BCUT2D eigenvalue weighted by atomic mass is 35.5. The molecular formula is C11H10ClF3O5S. The van der Waals surface area contributed by atoms with E-state index in [1.165, 1.54) is 0 Å². The Morgan fingerprint density at radius 1 is 1.33 bits per heavy atom. The Labute approximate surface area is 123 Å². The van der Waals surface area contributed by atoms with Crippen molar-refractivity contribution in [3.63, 3.8) is 0 Å². The summed E-state index contributed by atoms with van der Waals surface area (Å²) in [6, 6.07) is 3.00. The van der Waals surface area contributed by atoms with Gasteiger partial charge in [-0.1, -0.05) is 11.6 Å². The zero-order valence-electron chi connectivity index (χ0n) is 10.6. The summed E-state index contributed by atoms with van der Waals surface area (Å²) < 4.78 is 66.9. The Morgan fingerprint density at radius 2 is 1.95 bits per heavy atom. The van der Waals surface area contributed by atoms with Gasteiger partial charge in [0.05, 0.1) is 13.0 Å². The van der Waals surface area contributed by atoms with Gasteiger partial charge in [0.1, 0.15) is 5.75 Å². The number of benzene rings is 1. The molecule has 0 spiro atoms. The van der Waals surface area contributed by atoms with Crippen molar-refractivity contribution in [2.24, 2.45) is 0 Å². The van der Waals surface area contributed by atoms with Crippen LogP contribution in [0.1, 0.15) is 12.5 Å². The SMILES string of the molecule is CCOC(=O)Cc1cc(OS(=O)(=O)C(F)(F)F)ccc1Cl. The van der Waals surface area contributed by atoms with Gasteiger partial charge < -0.3 is 8.92 Å². The fourth-order valence-electron chi connectivity index (χ4n) is 1.28. The molecule has 0 atom stereocenters. The van der Waals surface area contributed by atoms with Crippen LogP contribution in [0.25, 0.3) is 0 Å². The summed E-state index contributed by atoms with van der Waals surface area (Å²) in [4.78, 5) is 11.3. The van der Waals surface area contributed by atoms with Crippen molar-refractivity contribution >= 4 is 27.7 Å². The predicted molar refractivity (Wildman–Crippen MR) is 67.4 cm³/mol. The largest absolute Gasteiger partial charge is 0.534 e. The normalized spacial score (nSPS) is 12.0. The molecule has 10 heteroatoms. The number of halogens is 4. The summed E-state index contributed by atoms with van der Waals surface area (Å²) in [6.07, 6.45) is -0.323. The van der Waals surface area contributed by atoms with E-state index in [1.807, 2.05) is 0 Å². The van der Waals surface area contributed by atoms with Gasteiger partial charge in [-0.25, -0.2) is 0 Å². The molecule has 1 aromatic rings. The zero-order valence-corrected chi connectivity index (χ0v) is 12.2. The van der Waals surface area contributed by atoms with E-state index in [2.05, 4.69) is 8.92 Å². The Morgan fingerprint density at radius 3 is 2.48 bits per heavy atom. The highest BCUT2D eigenvalue weighted by molar-refractivity contribution is 7.88. The van der Waals surface area contributed by atoms with Crippen LogP contribution in [0.2, 0.25) is 5.02 Å². The molecule has 0 amide bonds. The molecule has 1 aromatic carbocycles. The first-order valence-corrected chi connectivity index (χ1v) is 7.30. The van der Waals surface area contributed by atoms with Gasteiger partial charge in [0.25, 0.3) is 0 Å². The van der Waals surface area contributed by atoms with Crippen molar-refractivity contribution in [3.05, 3.63) is 28.8 Å². The Hall–Kier alpha value is -1.48. The minimum absolute atomic E-state index is 0.0693. The molecule has 0 aliphatic carbocycles. The summed E-state index contributed by atoms with van der Waals surface area (Å²) in [5, 5.41) is 0.0693. The molecule has 0 radical (unpaired) electrons. The lowest BCUT2D eigenvalue weighted by atomic mass is 10.1. The van der Waals surface area contributed by atoms with Crippen LogP contribution in [-0.4, -0.2) is 26.5 Å². The summed E-state index contributed by atoms with van der Waals surface area (Å²) >= 11 is 5.77. The van der Waals surface area contributed by atoms with Crippen LogP contribution >= 0.6 is 11.6 Å². The minimum atomic E-state index is -5.78. The van der Waals surface area contributed by atoms with Gasteiger partial charge >= 0.3 is 21.6 Å². The molecule has 0 heterocycles. The van der Waals surface area contributed by atoms with E-state index < -0.39 is 27.3 Å². The van der Waals surface area contributed by atoms with Crippen LogP contribution in [0.4, 0.5) is 13.2 Å². The summed E-state index contributed by atoms with van der Waals surface area (Å²) in [6.45, 7) is 1.70. The molecule has 0 aliphatic rings. The summed E-state index contributed by atoms with van der Waals surface area (Å²) in [7, 11) is -5.78. The lowest BCUT2D eigenvalue weighted by Crippen LogP contribution is -2.28. The number of carbonyl (C=O) groups is 1. The summed E-state index contributed by atoms with van der Waals surface area (Å²) in [5.74, 6) is -1.26. The molecule has 118 valence electrons. The molecule has 21 heavy (non-hydrogen) atoms. The van der Waals surface area contributed by atoms with Gasteiger partial charge in [-0.15, -0.1) is 0 Å². The van der Waals surface area contributed by atoms with Crippen LogP contribution in [0.3, 0.4) is 0 Å². The zero-order chi connectivity index (χ0) is 16.3. The lowest BCUT2D eigenvalue weighted by molar-refractivity contribution is -0.142. The van der Waals surface area contributed by atoms with Crippen molar-refractivity contribution < 1.29 is 35.3 Å². The van der Waals surface area contributed by atoms with Crippen LogP contribution in [0.15, 0.2) is 18.2 Å². The minimum Gasteiger partial charge on any atom is -0.466 e. The smallest absolute Gasteiger partial charge is 0.466 e. The second-order valence-corrected chi connectivity index (χ2v) is 5.66. The fourth-order valence-corrected chi connectivity index (χ4v) is 1.92. The maximum atomic E-state index is 12.2. The molecule has 5 nitrogen and oxygen atoms in total. The molecule has 0 bridgehead atoms. The molecule has 0 aromatic heterocycles. The predicted octanol–water partition coefficient (Wildman–Crippen LogP) is 2.67. The third-order valence-electron chi connectivity index (χ3n) is 2.15. The molecule has 0 saturated carbocycles. The molecule has 0 saturated heterocycles. The molecule has 1 rings (SSSR count). The first kappa shape index (κ1) is 17.6. The van der Waals surface area contributed by atoms with Gasteiger partial charge in [-0.3, -0.25) is 4.79 Å². The number of esters is 1. The number of carbonyl (C=O) groups excluding carboxylic acids is 1. The number of hydrogen-bond donors (Lipinski definition) is 0. The van der Waals surface area contributed by atoms with E-state index in [0.717, 1.165) is 18.2 Å². The highest BCUT2D eigenvalue weighted by Gasteiger charge is 2.48. The van der Waals surface area contributed by atoms with Crippen LogP contribution in [0, 0.1) is 0 Å². The quantitative estimate of drug-likeness (QED) is 0.466. The third kappa shape index (κ3) is 4.78. The Bertz CT molecular complexity index is 627. The molecule has 0 fully saturated rings. The second-order valence-electron chi connectivity index (χ2n) is 3.72. The fraction of sp³-hybridized carbons (Fsp3) is 0.364. The number of ether oxygens (including phenoxy) is 1. The third-order valence-corrected chi connectivity index (χ3v) is 3.49. The van der Waals surface area contributed by atoms with Crippen LogP contribution in [0.5, 0.6) is 5.75 Å². The topological polar surface area (TPSA) is 69.7 Å². The maximum absolute atomic E-state index is 12.2. The lowest BCUT2D eigenvalue weighted by Gasteiger charge is -2.11. The summed E-state index contributed by atoms with van der Waals surface area (Å²) in [5.41, 5.74) is -5.46. The van der Waals surface area contributed by atoms with Crippen molar-refractivity contribution in [2.45, 2.75) is 18.9 Å². The first-order chi connectivity index (χ1) is 9.56. The number of rotatable bonds is 5. The Kier molecular flexibility index (Phi) is 5.46. The number of alkyl halides is 3. The second kappa shape index (κ2) is 6.52. The van der Waals surface area contributed by atoms with Gasteiger partial charge in [0, 0.05) is 5.02 Å². The maximum Gasteiger partial charge on any atom is 0.534 e. The van der Waals surface area contributed by atoms with Crippen LogP contribution in [-0.2, 0) is 26.1 Å². The van der Waals surface area contributed by atoms with E-state index in [9.17, 15) is 26.4 Å². The van der Waals surface area contributed by atoms with Crippen molar-refractivity contribution in [2.75, 3.05) is 6.61 Å². The van der Waals surface area contributed by atoms with E-state index in [0.29, 0.717) is 0 Å². The number of hydrogen-bond acceptors (Lipinski definition) is 5. The van der Waals surface area contributed by atoms with Gasteiger partial charge in [-0.2, -0.15) is 21.6 Å². The van der Waals surface area contributed by atoms with Crippen LogP contribution < -0.4 is 4.18 Å². The Balaban J connectivity index is 3.00. The molecule has 0 unspecified atom stereocenters. The first-order valence-electron chi connectivity index (χ1n) is 5.51. The van der Waals surface area contributed by atoms with E-state index in [4.69, 9.17) is 11.6 Å². The van der Waals surface area contributed by atoms with E-state index >= 15 is 0 Å². The van der Waals surface area contributed by atoms with Gasteiger partial charge in [0.2, 0.25) is 0 Å². The standard InChI is InChI=1S/C11H10ClF3O5S/c1-2-19-10(16)6-7-5-8(3-4-9(7)12)20-21(17,18)11(13,14)15/h3-5H,2,6H2,1H3. The van der Waals surface area contributed by atoms with Crippen molar-refractivity contribution in [1.82, 2.24) is 0 Å². The molecule has 0 N–H and O–H groups in total. The molecular weight excluding hydrogens is 337 g/mol. The van der Waals surface area contributed by atoms with Crippen molar-refractivity contribution in [1.29, 1.82) is 0 Å². The van der Waals surface area contributed by atoms with E-state index in [-0.39, 0.29) is 23.6 Å². The van der Waals surface area contributed by atoms with Gasteiger partial charge in [-0.05, 0) is 30.7 Å². The average molecular weight is 347 g/mol. The van der Waals surface area contributed by atoms with Gasteiger partial charge in [0.15, 0.2) is 0 Å². The van der Waals surface area contributed by atoms with Crippen molar-refractivity contribution in [3.8, 4) is 5.75 Å². The van der Waals surface area contributed by atoms with E-state index in [1.54, 1.807) is 6.92 Å².